The molecule has 0 aliphatic heterocycles. The first kappa shape index (κ1) is 17.9. The lowest BCUT2D eigenvalue weighted by molar-refractivity contribution is -0.614. The molecule has 0 spiro atoms. The van der Waals surface area contributed by atoms with Crippen LogP contribution in [0.3, 0.4) is 0 Å². The van der Waals surface area contributed by atoms with Gasteiger partial charge in [0, 0.05) is 23.1 Å². The third-order valence-corrected chi connectivity index (χ3v) is 4.40. The van der Waals surface area contributed by atoms with Crippen molar-refractivity contribution in [3.63, 3.8) is 0 Å². The third kappa shape index (κ3) is 3.99. The summed E-state index contributed by atoms with van der Waals surface area (Å²) in [5, 5.41) is 15.9. The maximum Gasteiger partial charge on any atom is 0.416 e. The second-order valence-electron chi connectivity index (χ2n) is 5.32. The fourth-order valence-corrected chi connectivity index (χ4v) is 3.00. The molecule has 5 nitrogen and oxygen atoms in total. The molecule has 0 aliphatic carbocycles. The molecule has 0 radical (unpaired) electrons. The molecule has 26 heavy (non-hydrogen) atoms. The van der Waals surface area contributed by atoms with Gasteiger partial charge < -0.3 is 10.5 Å². The Morgan fingerprint density at radius 1 is 1.23 bits per heavy atom. The second kappa shape index (κ2) is 7.12. The van der Waals surface area contributed by atoms with Crippen molar-refractivity contribution in [2.24, 2.45) is 0 Å². The molecule has 0 unspecified atom stereocenters. The highest BCUT2D eigenvalue weighted by Gasteiger charge is 2.30. The van der Waals surface area contributed by atoms with Crippen molar-refractivity contribution in [2.75, 3.05) is 0 Å². The second-order valence-corrected chi connectivity index (χ2v) is 6.18. The van der Waals surface area contributed by atoms with Crippen molar-refractivity contribution in [3.05, 3.63) is 76.2 Å². The number of halogens is 3. The van der Waals surface area contributed by atoms with E-state index in [9.17, 15) is 23.2 Å². The Morgan fingerprint density at radius 2 is 2.04 bits per heavy atom. The van der Waals surface area contributed by atoms with E-state index in [1.807, 2.05) is 0 Å². The van der Waals surface area contributed by atoms with Gasteiger partial charge in [0.05, 0.1) is 5.56 Å². The van der Waals surface area contributed by atoms with Crippen LogP contribution in [-0.4, -0.2) is 10.9 Å². The van der Waals surface area contributed by atoms with Crippen LogP contribution < -0.4 is 10.0 Å². The Labute approximate surface area is 150 Å². The first-order valence-electron chi connectivity index (χ1n) is 7.43. The van der Waals surface area contributed by atoms with E-state index in [0.29, 0.717) is 15.4 Å². The molecule has 1 amide bonds. The molecule has 0 bridgehead atoms. The Bertz CT molecular complexity index is 941. The molecule has 0 fully saturated rings. The van der Waals surface area contributed by atoms with Crippen molar-refractivity contribution < 1.29 is 22.7 Å². The summed E-state index contributed by atoms with van der Waals surface area (Å²) in [4.78, 5) is 16.2. The number of pyridine rings is 1. The molecule has 3 aromatic rings. The van der Waals surface area contributed by atoms with Gasteiger partial charge in [0.15, 0.2) is 6.20 Å². The molecule has 134 valence electrons. The molecule has 9 heteroatoms. The highest BCUT2D eigenvalue weighted by molar-refractivity contribution is 7.13. The van der Waals surface area contributed by atoms with E-state index in [0.717, 1.165) is 23.5 Å². The van der Waals surface area contributed by atoms with E-state index in [1.165, 1.54) is 23.7 Å². The molecule has 0 saturated carbocycles. The summed E-state index contributed by atoms with van der Waals surface area (Å²) in [6, 6.07) is 9.57. The Kier molecular flexibility index (Phi) is 4.90. The predicted molar refractivity (Wildman–Crippen MR) is 89.1 cm³/mol. The zero-order valence-corrected chi connectivity index (χ0v) is 14.0. The zero-order chi connectivity index (χ0) is 18.7. The number of amides is 1. The number of carbonyl (C=O) groups excluding carboxylic acids is 1. The number of hydrogen-bond donors (Lipinski definition) is 1. The molecular weight excluding hydrogens is 367 g/mol. The van der Waals surface area contributed by atoms with Crippen LogP contribution in [0.25, 0.3) is 10.6 Å². The average molecular weight is 379 g/mol. The molecule has 0 saturated heterocycles. The van der Waals surface area contributed by atoms with Gasteiger partial charge in [-0.3, -0.25) is 4.79 Å². The number of carbonyl (C=O) groups is 1. The van der Waals surface area contributed by atoms with Gasteiger partial charge in [-0.25, -0.2) is 4.98 Å². The van der Waals surface area contributed by atoms with Gasteiger partial charge in [-0.2, -0.15) is 17.9 Å². The van der Waals surface area contributed by atoms with Crippen LogP contribution in [0.15, 0.2) is 54.0 Å². The minimum absolute atomic E-state index is 0.0135. The van der Waals surface area contributed by atoms with Gasteiger partial charge >= 0.3 is 6.18 Å². The lowest BCUT2D eigenvalue weighted by Gasteiger charge is -2.07. The van der Waals surface area contributed by atoms with E-state index in [4.69, 9.17) is 0 Å². The van der Waals surface area contributed by atoms with Gasteiger partial charge in [-0.15, -0.1) is 11.3 Å². The highest BCUT2D eigenvalue weighted by Crippen LogP contribution is 2.33. The third-order valence-electron chi connectivity index (χ3n) is 3.51. The van der Waals surface area contributed by atoms with Gasteiger partial charge in [0.1, 0.15) is 17.2 Å². The summed E-state index contributed by atoms with van der Waals surface area (Å²) < 4.78 is 39.0. The normalized spacial score (nSPS) is 11.3. The summed E-state index contributed by atoms with van der Waals surface area (Å²) in [5.41, 5.74) is -0.0606. The smallest absolute Gasteiger partial charge is 0.416 e. The lowest BCUT2D eigenvalue weighted by Crippen LogP contribution is -2.35. The standard InChI is InChI=1S/C17H12F3N3O2S/c18-17(19,20)12-5-3-4-11(8-12)16-22-14(10-26-16)15(24)21-9-13-6-1-2-7-23(13)25/h1-8,10H,9H2,(H,21,24). The average Bonchev–Trinajstić information content (AvgIpc) is 3.10. The number of aromatic nitrogens is 2. The first-order valence-corrected chi connectivity index (χ1v) is 8.31. The molecule has 1 N–H and O–H groups in total. The number of nitrogens with one attached hydrogen (secondary N) is 1. The minimum atomic E-state index is -4.45. The van der Waals surface area contributed by atoms with E-state index < -0.39 is 17.6 Å². The number of rotatable bonds is 4. The molecular formula is C17H12F3N3O2S. The Hall–Kier alpha value is -2.94. The van der Waals surface area contributed by atoms with E-state index in [2.05, 4.69) is 10.3 Å². The molecule has 0 aliphatic rings. The van der Waals surface area contributed by atoms with Crippen LogP contribution in [0.4, 0.5) is 13.2 Å². The number of benzene rings is 1. The number of hydrogen-bond acceptors (Lipinski definition) is 4. The van der Waals surface area contributed by atoms with Crippen LogP contribution in [0, 0.1) is 5.21 Å². The predicted octanol–water partition coefficient (Wildman–Crippen LogP) is 3.39. The van der Waals surface area contributed by atoms with Crippen LogP contribution in [-0.2, 0) is 12.7 Å². The molecule has 2 aromatic heterocycles. The van der Waals surface area contributed by atoms with Crippen molar-refractivity contribution in [1.29, 1.82) is 0 Å². The SMILES string of the molecule is O=C(NCc1cccc[n+]1[O-])c1csc(-c2cccc(C(F)(F)F)c2)n1. The van der Waals surface area contributed by atoms with E-state index in [-0.39, 0.29) is 17.8 Å². The van der Waals surface area contributed by atoms with Crippen LogP contribution in [0.2, 0.25) is 0 Å². The van der Waals surface area contributed by atoms with E-state index in [1.54, 1.807) is 18.2 Å². The van der Waals surface area contributed by atoms with Crippen molar-refractivity contribution in [3.8, 4) is 10.6 Å². The summed E-state index contributed by atoms with van der Waals surface area (Å²) in [5.74, 6) is -0.511. The molecule has 2 heterocycles. The monoisotopic (exact) mass is 379 g/mol. The summed E-state index contributed by atoms with van der Waals surface area (Å²) in [6.45, 7) is 0.0135. The topological polar surface area (TPSA) is 68.9 Å². The summed E-state index contributed by atoms with van der Waals surface area (Å²) in [7, 11) is 0. The molecule has 3 rings (SSSR count). The lowest BCUT2D eigenvalue weighted by atomic mass is 10.1. The number of thiazole rings is 1. The maximum atomic E-state index is 12.8. The number of nitrogens with zero attached hydrogens (tertiary/aromatic N) is 2. The zero-order valence-electron chi connectivity index (χ0n) is 13.2. The van der Waals surface area contributed by atoms with E-state index >= 15 is 0 Å². The van der Waals surface area contributed by atoms with Gasteiger partial charge in [0.2, 0.25) is 5.69 Å². The van der Waals surface area contributed by atoms with Crippen molar-refractivity contribution in [1.82, 2.24) is 10.3 Å². The van der Waals surface area contributed by atoms with Crippen molar-refractivity contribution >= 4 is 17.2 Å². The first-order chi connectivity index (χ1) is 12.3. The highest BCUT2D eigenvalue weighted by atomic mass is 32.1. The van der Waals surface area contributed by atoms with Crippen molar-refractivity contribution in [2.45, 2.75) is 12.7 Å². The fraction of sp³-hybridized carbons (Fsp3) is 0.118. The Balaban J connectivity index is 1.73. The largest absolute Gasteiger partial charge is 0.618 e. The molecule has 1 aromatic carbocycles. The number of alkyl halides is 3. The van der Waals surface area contributed by atoms with Crippen LogP contribution in [0.5, 0.6) is 0 Å². The van der Waals surface area contributed by atoms with Gasteiger partial charge in [-0.1, -0.05) is 12.1 Å². The van der Waals surface area contributed by atoms with Gasteiger partial charge in [0.25, 0.3) is 5.91 Å². The maximum absolute atomic E-state index is 12.8. The fourth-order valence-electron chi connectivity index (χ4n) is 2.20. The minimum Gasteiger partial charge on any atom is -0.618 e. The summed E-state index contributed by atoms with van der Waals surface area (Å²) >= 11 is 1.07. The van der Waals surface area contributed by atoms with Crippen LogP contribution in [0.1, 0.15) is 21.7 Å². The quantitative estimate of drug-likeness (QED) is 0.558. The Morgan fingerprint density at radius 3 is 2.77 bits per heavy atom. The van der Waals surface area contributed by atoms with Gasteiger partial charge in [-0.05, 0) is 18.2 Å². The molecule has 0 atom stereocenters. The van der Waals surface area contributed by atoms with Crippen LogP contribution >= 0.6 is 11.3 Å². The summed E-state index contributed by atoms with van der Waals surface area (Å²) in [6.07, 6.45) is -3.13.